The van der Waals surface area contributed by atoms with Crippen LogP contribution in [0, 0.1) is 0 Å². The number of hydrogen-bond acceptors (Lipinski definition) is 2. The highest BCUT2D eigenvalue weighted by Crippen LogP contribution is 2.15. The van der Waals surface area contributed by atoms with E-state index in [1.165, 1.54) is 5.56 Å². The molecule has 0 saturated carbocycles. The summed E-state index contributed by atoms with van der Waals surface area (Å²) < 4.78 is 0. The first-order valence-corrected chi connectivity index (χ1v) is 7.52. The minimum atomic E-state index is 0.0142. The van der Waals surface area contributed by atoms with Crippen LogP contribution in [0.5, 0.6) is 0 Å². The maximum Gasteiger partial charge on any atom is 0.279 e. The average Bonchev–Trinajstić information content (AvgIpc) is 2.54. The summed E-state index contributed by atoms with van der Waals surface area (Å²) >= 11 is 0. The van der Waals surface area contributed by atoms with Crippen LogP contribution < -0.4 is 15.5 Å². The smallest absolute Gasteiger partial charge is 0.279 e. The van der Waals surface area contributed by atoms with Crippen LogP contribution in [0.2, 0.25) is 0 Å². The molecular weight excluding hydrogens is 274 g/mol. The van der Waals surface area contributed by atoms with E-state index in [-0.39, 0.29) is 11.9 Å². The second-order valence-corrected chi connectivity index (χ2v) is 5.63. The molecule has 4 heteroatoms. The Kier molecular flexibility index (Phi) is 5.55. The molecule has 1 amide bonds. The van der Waals surface area contributed by atoms with Gasteiger partial charge in [0.25, 0.3) is 5.91 Å². The molecule has 1 atom stereocenters. The molecule has 2 aromatic carbocycles. The number of carbonyl (C=O) groups is 1. The van der Waals surface area contributed by atoms with Gasteiger partial charge in [-0.2, -0.15) is 0 Å². The third-order valence-corrected chi connectivity index (χ3v) is 3.65. The van der Waals surface area contributed by atoms with Crippen LogP contribution in [0.15, 0.2) is 54.6 Å². The first-order chi connectivity index (χ1) is 10.6. The fraction of sp³-hybridized carbons (Fsp3) is 0.278. The van der Waals surface area contributed by atoms with Gasteiger partial charge in [-0.25, -0.2) is 0 Å². The van der Waals surface area contributed by atoms with Crippen molar-refractivity contribution >= 4 is 17.3 Å². The molecule has 2 rings (SSSR count). The summed E-state index contributed by atoms with van der Waals surface area (Å²) in [6.45, 7) is 2.51. The topological polar surface area (TPSA) is 49.0 Å². The minimum Gasteiger partial charge on any atom is -0.378 e. The van der Waals surface area contributed by atoms with Crippen LogP contribution in [0.4, 0.5) is 11.4 Å². The van der Waals surface area contributed by atoms with Gasteiger partial charge in [0.1, 0.15) is 6.04 Å². The molecule has 116 valence electrons. The molecule has 0 fully saturated rings. The highest BCUT2D eigenvalue weighted by atomic mass is 16.1. The molecule has 0 unspecified atom stereocenters. The van der Waals surface area contributed by atoms with Crippen molar-refractivity contribution in [2.75, 3.05) is 30.9 Å². The lowest BCUT2D eigenvalue weighted by atomic mass is 10.1. The summed E-state index contributed by atoms with van der Waals surface area (Å²) in [5.74, 6) is 0.0142. The summed E-state index contributed by atoms with van der Waals surface area (Å²) in [5.41, 5.74) is 3.17. The zero-order valence-electron chi connectivity index (χ0n) is 13.4. The van der Waals surface area contributed by atoms with Gasteiger partial charge in [0.05, 0.1) is 0 Å². The SMILES string of the molecule is C[C@@H]([NH2+]CC(=O)Nc1ccc(N(C)C)cc1)c1ccccc1. The maximum absolute atomic E-state index is 12.0. The van der Waals surface area contributed by atoms with Crippen LogP contribution in [0.25, 0.3) is 0 Å². The van der Waals surface area contributed by atoms with Crippen molar-refractivity contribution in [1.82, 2.24) is 0 Å². The lowest BCUT2D eigenvalue weighted by Crippen LogP contribution is -2.86. The molecule has 4 nitrogen and oxygen atoms in total. The zero-order valence-corrected chi connectivity index (χ0v) is 13.4. The normalized spacial score (nSPS) is 11.8. The van der Waals surface area contributed by atoms with E-state index in [2.05, 4.69) is 24.4 Å². The molecule has 0 aromatic heterocycles. The number of nitrogens with zero attached hydrogens (tertiary/aromatic N) is 1. The fourth-order valence-corrected chi connectivity index (χ4v) is 2.23. The van der Waals surface area contributed by atoms with E-state index in [0.717, 1.165) is 11.4 Å². The van der Waals surface area contributed by atoms with Gasteiger partial charge in [0, 0.05) is 31.0 Å². The number of nitrogens with two attached hydrogens (primary N) is 1. The van der Waals surface area contributed by atoms with Crippen LogP contribution in [0.1, 0.15) is 18.5 Å². The molecule has 0 saturated heterocycles. The maximum atomic E-state index is 12.0. The van der Waals surface area contributed by atoms with Crippen molar-refractivity contribution in [3.8, 4) is 0 Å². The van der Waals surface area contributed by atoms with Crippen molar-refractivity contribution in [2.24, 2.45) is 0 Å². The standard InChI is InChI=1S/C18H23N3O/c1-14(15-7-5-4-6-8-15)19-13-18(22)20-16-9-11-17(12-10-16)21(2)3/h4-12,14,19H,13H2,1-3H3,(H,20,22)/p+1/t14-/m1/s1. The van der Waals surface area contributed by atoms with Gasteiger partial charge < -0.3 is 15.5 Å². The molecule has 0 bridgehead atoms. The predicted octanol–water partition coefficient (Wildman–Crippen LogP) is 2.02. The van der Waals surface area contributed by atoms with Crippen molar-refractivity contribution in [1.29, 1.82) is 0 Å². The number of benzene rings is 2. The Hall–Kier alpha value is -2.33. The largest absolute Gasteiger partial charge is 0.378 e. The lowest BCUT2D eigenvalue weighted by Gasteiger charge is -2.13. The zero-order chi connectivity index (χ0) is 15.9. The Morgan fingerprint density at radius 3 is 2.32 bits per heavy atom. The van der Waals surface area contributed by atoms with Crippen LogP contribution in [-0.4, -0.2) is 26.5 Å². The Balaban J connectivity index is 1.83. The first-order valence-electron chi connectivity index (χ1n) is 7.52. The molecule has 0 aliphatic heterocycles. The van der Waals surface area contributed by atoms with Gasteiger partial charge in [-0.15, -0.1) is 0 Å². The third-order valence-electron chi connectivity index (χ3n) is 3.65. The monoisotopic (exact) mass is 298 g/mol. The van der Waals surface area contributed by atoms with E-state index < -0.39 is 0 Å². The lowest BCUT2D eigenvalue weighted by molar-refractivity contribution is -0.682. The van der Waals surface area contributed by atoms with E-state index in [4.69, 9.17) is 0 Å². The minimum absolute atomic E-state index is 0.0142. The van der Waals surface area contributed by atoms with Crippen molar-refractivity contribution in [3.63, 3.8) is 0 Å². The second kappa shape index (κ2) is 7.61. The number of amides is 1. The van der Waals surface area contributed by atoms with Crippen molar-refractivity contribution in [3.05, 3.63) is 60.2 Å². The van der Waals surface area contributed by atoms with E-state index in [1.807, 2.05) is 66.8 Å². The molecule has 0 heterocycles. The number of rotatable bonds is 6. The molecule has 0 aliphatic rings. The van der Waals surface area contributed by atoms with Crippen molar-refractivity contribution < 1.29 is 10.1 Å². The summed E-state index contributed by atoms with van der Waals surface area (Å²) in [5, 5.41) is 4.97. The molecular formula is C18H24N3O+. The fourth-order valence-electron chi connectivity index (χ4n) is 2.23. The van der Waals surface area contributed by atoms with Gasteiger partial charge in [0.2, 0.25) is 0 Å². The molecule has 0 spiro atoms. The van der Waals surface area contributed by atoms with Crippen molar-refractivity contribution in [2.45, 2.75) is 13.0 Å². The Bertz CT molecular complexity index is 593. The van der Waals surface area contributed by atoms with Crippen LogP contribution >= 0.6 is 0 Å². The molecule has 22 heavy (non-hydrogen) atoms. The third kappa shape index (κ3) is 4.60. The Labute approximate surface area is 132 Å². The molecule has 2 aromatic rings. The highest BCUT2D eigenvalue weighted by Gasteiger charge is 2.11. The van der Waals surface area contributed by atoms with E-state index in [9.17, 15) is 4.79 Å². The Morgan fingerprint density at radius 2 is 1.73 bits per heavy atom. The first kappa shape index (κ1) is 16.0. The summed E-state index contributed by atoms with van der Waals surface area (Å²) in [6.07, 6.45) is 0. The predicted molar refractivity (Wildman–Crippen MR) is 91.0 cm³/mol. The number of carbonyl (C=O) groups excluding carboxylic acids is 1. The summed E-state index contributed by atoms with van der Waals surface area (Å²) in [6, 6.07) is 18.3. The molecule has 0 radical (unpaired) electrons. The second-order valence-electron chi connectivity index (χ2n) is 5.63. The van der Waals surface area contributed by atoms with Gasteiger partial charge in [-0.1, -0.05) is 30.3 Å². The molecule has 0 aliphatic carbocycles. The molecule has 3 N–H and O–H groups in total. The Morgan fingerprint density at radius 1 is 1.09 bits per heavy atom. The highest BCUT2D eigenvalue weighted by molar-refractivity contribution is 5.91. The van der Waals surface area contributed by atoms with Gasteiger partial charge in [-0.05, 0) is 31.2 Å². The van der Waals surface area contributed by atoms with Gasteiger partial charge >= 0.3 is 0 Å². The number of quaternary nitrogens is 1. The van der Waals surface area contributed by atoms with Crippen LogP contribution in [0.3, 0.4) is 0 Å². The van der Waals surface area contributed by atoms with E-state index in [1.54, 1.807) is 0 Å². The quantitative estimate of drug-likeness (QED) is 0.857. The van der Waals surface area contributed by atoms with Gasteiger partial charge in [0.15, 0.2) is 6.54 Å². The number of anilines is 2. The summed E-state index contributed by atoms with van der Waals surface area (Å²) in [4.78, 5) is 14.0. The summed E-state index contributed by atoms with van der Waals surface area (Å²) in [7, 11) is 3.99. The van der Waals surface area contributed by atoms with Gasteiger partial charge in [-0.3, -0.25) is 4.79 Å². The van der Waals surface area contributed by atoms with E-state index >= 15 is 0 Å². The van der Waals surface area contributed by atoms with Crippen LogP contribution in [-0.2, 0) is 4.79 Å². The number of nitrogens with one attached hydrogen (secondary N) is 1. The number of hydrogen-bond donors (Lipinski definition) is 2. The van der Waals surface area contributed by atoms with E-state index in [0.29, 0.717) is 6.54 Å². The average molecular weight is 298 g/mol.